The summed E-state index contributed by atoms with van der Waals surface area (Å²) in [6.07, 6.45) is 1.83. The molecule has 0 fully saturated rings. The van der Waals surface area contributed by atoms with Gasteiger partial charge in [0.1, 0.15) is 22.7 Å². The minimum atomic E-state index is 0.0118. The zero-order chi connectivity index (χ0) is 22.7. The Morgan fingerprint density at radius 1 is 0.727 bits per heavy atom. The van der Waals surface area contributed by atoms with Gasteiger partial charge in [-0.05, 0) is 59.0 Å². The van der Waals surface area contributed by atoms with Gasteiger partial charge >= 0.3 is 0 Å². The fourth-order valence-corrected chi connectivity index (χ4v) is 4.86. The molecule has 0 aliphatic carbocycles. The van der Waals surface area contributed by atoms with Crippen molar-refractivity contribution in [2.45, 2.75) is 33.1 Å². The monoisotopic (exact) mass is 431 g/mol. The van der Waals surface area contributed by atoms with Crippen molar-refractivity contribution in [2.75, 3.05) is 0 Å². The molecule has 3 heteroatoms. The Labute approximate surface area is 192 Å². The Kier molecular flexibility index (Phi) is 4.25. The topological polar surface area (TPSA) is 39.2 Å². The van der Waals surface area contributed by atoms with Crippen molar-refractivity contribution >= 4 is 32.7 Å². The summed E-state index contributed by atoms with van der Waals surface area (Å²) in [5.74, 6) is 1.66. The molecule has 0 saturated carbocycles. The second-order valence-corrected chi connectivity index (χ2v) is 9.71. The third-order valence-corrected chi connectivity index (χ3v) is 6.41. The molecule has 3 nitrogen and oxygen atoms in total. The first-order chi connectivity index (χ1) is 15.9. The Hall–Kier alpha value is -3.85. The highest BCUT2D eigenvalue weighted by atomic mass is 16.4. The lowest BCUT2D eigenvalue weighted by atomic mass is 9.82. The number of pyridine rings is 1. The summed E-state index contributed by atoms with van der Waals surface area (Å²) in [5, 5.41) is 4.57. The molecule has 0 radical (unpaired) electrons. The molecular formula is C30H25NO2. The van der Waals surface area contributed by atoms with E-state index in [1.165, 1.54) is 16.3 Å². The summed E-state index contributed by atoms with van der Waals surface area (Å²) >= 11 is 0. The van der Waals surface area contributed by atoms with Gasteiger partial charge in [0.15, 0.2) is 0 Å². The SMILES string of the molecule is Cc1oc2ccccc2c1-c1cc2c(-c3cc(C(C)(C)C)c4ccccc4c3)nccc2o1. The molecule has 0 unspecified atom stereocenters. The second-order valence-electron chi connectivity index (χ2n) is 9.71. The lowest BCUT2D eigenvalue weighted by Crippen LogP contribution is -2.12. The molecule has 0 saturated heterocycles. The summed E-state index contributed by atoms with van der Waals surface area (Å²) in [6, 6.07) is 25.2. The van der Waals surface area contributed by atoms with Gasteiger partial charge in [-0.25, -0.2) is 0 Å². The molecule has 0 aliphatic rings. The molecule has 3 aromatic carbocycles. The smallest absolute Gasteiger partial charge is 0.139 e. The number of aryl methyl sites for hydroxylation is 1. The number of furan rings is 2. The van der Waals surface area contributed by atoms with Crippen molar-refractivity contribution in [3.63, 3.8) is 0 Å². The summed E-state index contributed by atoms with van der Waals surface area (Å²) in [5.41, 5.74) is 6.06. The van der Waals surface area contributed by atoms with Gasteiger partial charge in [-0.15, -0.1) is 0 Å². The number of rotatable bonds is 2. The molecule has 0 amide bonds. The molecule has 162 valence electrons. The molecule has 3 aromatic heterocycles. The predicted octanol–water partition coefficient (Wildman–Crippen LogP) is 8.67. The standard InChI is InChI=1S/C30H25NO2/c1-18-28(22-11-7-8-12-25(22)32-18)27-17-23-26(33-27)13-14-31-29(23)20-15-19-9-5-6-10-21(19)24(16-20)30(2,3)4/h5-17H,1-4H3. The zero-order valence-electron chi connectivity index (χ0n) is 19.3. The van der Waals surface area contributed by atoms with Crippen molar-refractivity contribution in [1.82, 2.24) is 4.98 Å². The number of nitrogens with zero attached hydrogens (tertiary/aromatic N) is 1. The lowest BCUT2D eigenvalue weighted by Gasteiger charge is -2.22. The maximum atomic E-state index is 6.35. The van der Waals surface area contributed by atoms with Crippen LogP contribution in [0, 0.1) is 6.92 Å². The van der Waals surface area contributed by atoms with Gasteiger partial charge in [0.2, 0.25) is 0 Å². The van der Waals surface area contributed by atoms with Crippen LogP contribution in [0.2, 0.25) is 0 Å². The van der Waals surface area contributed by atoms with Gasteiger partial charge in [-0.3, -0.25) is 4.98 Å². The van der Waals surface area contributed by atoms with Crippen molar-refractivity contribution in [2.24, 2.45) is 0 Å². The number of aromatic nitrogens is 1. The zero-order valence-corrected chi connectivity index (χ0v) is 19.3. The van der Waals surface area contributed by atoms with Crippen LogP contribution in [-0.4, -0.2) is 4.98 Å². The number of benzene rings is 3. The van der Waals surface area contributed by atoms with Crippen LogP contribution in [0.5, 0.6) is 0 Å². The van der Waals surface area contributed by atoms with E-state index in [-0.39, 0.29) is 5.41 Å². The van der Waals surface area contributed by atoms with Crippen LogP contribution in [0.3, 0.4) is 0 Å². The molecule has 33 heavy (non-hydrogen) atoms. The minimum absolute atomic E-state index is 0.0118. The predicted molar refractivity (Wildman–Crippen MR) is 136 cm³/mol. The maximum absolute atomic E-state index is 6.35. The number of hydrogen-bond acceptors (Lipinski definition) is 3. The molecule has 6 rings (SSSR count). The average Bonchev–Trinajstić information content (AvgIpc) is 3.37. The molecule has 0 atom stereocenters. The van der Waals surface area contributed by atoms with Crippen molar-refractivity contribution < 1.29 is 8.83 Å². The highest BCUT2D eigenvalue weighted by Gasteiger charge is 2.21. The van der Waals surface area contributed by atoms with Crippen LogP contribution >= 0.6 is 0 Å². The first-order valence-corrected chi connectivity index (χ1v) is 11.3. The molecule has 6 aromatic rings. The normalized spacial score (nSPS) is 12.2. The summed E-state index contributed by atoms with van der Waals surface area (Å²) in [6.45, 7) is 8.76. The van der Waals surface area contributed by atoms with Crippen LogP contribution in [0.25, 0.3) is 55.3 Å². The summed E-state index contributed by atoms with van der Waals surface area (Å²) < 4.78 is 12.3. The molecular weight excluding hydrogens is 406 g/mol. The van der Waals surface area contributed by atoms with E-state index in [2.05, 4.69) is 69.3 Å². The van der Waals surface area contributed by atoms with Gasteiger partial charge < -0.3 is 8.83 Å². The van der Waals surface area contributed by atoms with E-state index in [1.807, 2.05) is 37.4 Å². The quantitative estimate of drug-likeness (QED) is 0.275. The minimum Gasteiger partial charge on any atom is -0.461 e. The van der Waals surface area contributed by atoms with E-state index in [0.29, 0.717) is 0 Å². The van der Waals surface area contributed by atoms with Crippen LogP contribution in [0.1, 0.15) is 32.1 Å². The third-order valence-electron chi connectivity index (χ3n) is 6.41. The van der Waals surface area contributed by atoms with Crippen LogP contribution in [-0.2, 0) is 5.41 Å². The van der Waals surface area contributed by atoms with Gasteiger partial charge in [-0.2, -0.15) is 0 Å². The van der Waals surface area contributed by atoms with E-state index >= 15 is 0 Å². The Balaban J connectivity index is 1.60. The van der Waals surface area contributed by atoms with Gasteiger partial charge in [0, 0.05) is 22.5 Å². The highest BCUT2D eigenvalue weighted by Crippen LogP contribution is 2.41. The first-order valence-electron chi connectivity index (χ1n) is 11.3. The summed E-state index contributed by atoms with van der Waals surface area (Å²) in [7, 11) is 0. The van der Waals surface area contributed by atoms with Crippen LogP contribution < -0.4 is 0 Å². The van der Waals surface area contributed by atoms with Gasteiger partial charge in [-0.1, -0.05) is 63.2 Å². The van der Waals surface area contributed by atoms with Crippen LogP contribution in [0.4, 0.5) is 0 Å². The van der Waals surface area contributed by atoms with Gasteiger partial charge in [0.25, 0.3) is 0 Å². The third kappa shape index (κ3) is 3.15. The molecule has 0 aliphatic heterocycles. The largest absolute Gasteiger partial charge is 0.461 e. The second kappa shape index (κ2) is 7.08. The molecule has 3 heterocycles. The van der Waals surface area contributed by atoms with E-state index in [1.54, 1.807) is 0 Å². The number of para-hydroxylation sites is 1. The van der Waals surface area contributed by atoms with E-state index < -0.39 is 0 Å². The molecule has 0 bridgehead atoms. The van der Waals surface area contributed by atoms with E-state index in [9.17, 15) is 0 Å². The van der Waals surface area contributed by atoms with Crippen molar-refractivity contribution in [3.05, 3.63) is 90.3 Å². The van der Waals surface area contributed by atoms with Crippen molar-refractivity contribution in [3.8, 4) is 22.6 Å². The van der Waals surface area contributed by atoms with E-state index in [0.717, 1.165) is 50.3 Å². The first kappa shape index (κ1) is 19.8. The average molecular weight is 432 g/mol. The fraction of sp³-hybridized carbons (Fsp3) is 0.167. The van der Waals surface area contributed by atoms with E-state index in [4.69, 9.17) is 13.8 Å². The Morgan fingerprint density at radius 3 is 2.27 bits per heavy atom. The lowest BCUT2D eigenvalue weighted by molar-refractivity contribution is 0.574. The highest BCUT2D eigenvalue weighted by molar-refractivity contribution is 6.01. The number of hydrogen-bond donors (Lipinski definition) is 0. The number of fused-ring (bicyclic) bond motifs is 3. The van der Waals surface area contributed by atoms with Gasteiger partial charge in [0.05, 0.1) is 11.3 Å². The van der Waals surface area contributed by atoms with Crippen LogP contribution in [0.15, 0.2) is 87.8 Å². The van der Waals surface area contributed by atoms with Crippen molar-refractivity contribution in [1.29, 1.82) is 0 Å². The maximum Gasteiger partial charge on any atom is 0.139 e. The summed E-state index contributed by atoms with van der Waals surface area (Å²) in [4.78, 5) is 4.80. The Bertz CT molecular complexity index is 1660. The Morgan fingerprint density at radius 2 is 1.45 bits per heavy atom. The fourth-order valence-electron chi connectivity index (χ4n) is 4.86. The molecule has 0 N–H and O–H groups in total. The molecule has 0 spiro atoms.